The topological polar surface area (TPSA) is 32.8 Å². The summed E-state index contributed by atoms with van der Waals surface area (Å²) in [7, 11) is 3.44. The number of piperazine rings is 1. The van der Waals surface area contributed by atoms with E-state index in [1.54, 1.807) is 18.1 Å². The molecule has 5 heteroatoms. The van der Waals surface area contributed by atoms with Crippen molar-refractivity contribution < 1.29 is 9.53 Å². The summed E-state index contributed by atoms with van der Waals surface area (Å²) < 4.78 is 5.35. The molecule has 0 aliphatic carbocycles. The Morgan fingerprint density at radius 3 is 2.67 bits per heavy atom. The molecule has 0 spiro atoms. The second-order valence-electron chi connectivity index (χ2n) is 4.51. The predicted molar refractivity (Wildman–Crippen MR) is 72.6 cm³/mol. The number of likely N-dealkylation sites (N-methyl/N-ethyl adjacent to an activating group) is 1. The molecule has 2 rings (SSSR count). The Labute approximate surface area is 112 Å². The van der Waals surface area contributed by atoms with Gasteiger partial charge in [-0.15, -0.1) is 0 Å². The first kappa shape index (κ1) is 13.0. The fourth-order valence-corrected chi connectivity index (χ4v) is 2.18. The zero-order chi connectivity index (χ0) is 13.3. The van der Waals surface area contributed by atoms with Crippen molar-refractivity contribution in [1.29, 1.82) is 0 Å². The van der Waals surface area contributed by atoms with Crippen LogP contribution in [0.5, 0.6) is 5.75 Å². The van der Waals surface area contributed by atoms with Gasteiger partial charge in [-0.05, 0) is 18.6 Å². The van der Waals surface area contributed by atoms with Crippen LogP contribution in [0, 0.1) is 6.92 Å². The maximum atomic E-state index is 11.7. The van der Waals surface area contributed by atoms with Crippen LogP contribution in [0.4, 0.5) is 5.69 Å². The zero-order valence-corrected chi connectivity index (χ0v) is 11.6. The van der Waals surface area contributed by atoms with E-state index in [0.29, 0.717) is 17.3 Å². The number of anilines is 1. The average molecular weight is 269 g/mol. The lowest BCUT2D eigenvalue weighted by molar-refractivity contribution is -0.129. The van der Waals surface area contributed by atoms with Gasteiger partial charge in [-0.3, -0.25) is 4.79 Å². The number of hydrogen-bond acceptors (Lipinski definition) is 3. The van der Waals surface area contributed by atoms with Gasteiger partial charge in [0.1, 0.15) is 5.75 Å². The number of benzene rings is 1. The van der Waals surface area contributed by atoms with E-state index in [1.807, 2.05) is 24.9 Å². The van der Waals surface area contributed by atoms with Gasteiger partial charge in [-0.25, -0.2) is 0 Å². The molecule has 0 aromatic heterocycles. The molecule has 1 aliphatic heterocycles. The Morgan fingerprint density at radius 2 is 2.06 bits per heavy atom. The third kappa shape index (κ3) is 2.38. The summed E-state index contributed by atoms with van der Waals surface area (Å²) >= 11 is 6.08. The smallest absolute Gasteiger partial charge is 0.241 e. The van der Waals surface area contributed by atoms with Crippen LogP contribution in [-0.4, -0.2) is 44.6 Å². The summed E-state index contributed by atoms with van der Waals surface area (Å²) in [4.78, 5) is 15.5. The van der Waals surface area contributed by atoms with Crippen molar-refractivity contribution in [3.05, 3.63) is 22.7 Å². The lowest BCUT2D eigenvalue weighted by Crippen LogP contribution is -2.48. The number of nitrogens with zero attached hydrogens (tertiary/aromatic N) is 2. The molecule has 0 radical (unpaired) electrons. The van der Waals surface area contributed by atoms with E-state index < -0.39 is 0 Å². The number of ether oxygens (including phenoxy) is 1. The largest absolute Gasteiger partial charge is 0.495 e. The average Bonchev–Trinajstić information content (AvgIpc) is 2.35. The fraction of sp³-hybridized carbons (Fsp3) is 0.462. The zero-order valence-electron chi connectivity index (χ0n) is 10.9. The van der Waals surface area contributed by atoms with Crippen LogP contribution < -0.4 is 9.64 Å². The second-order valence-corrected chi connectivity index (χ2v) is 4.92. The molecule has 1 saturated heterocycles. The van der Waals surface area contributed by atoms with Crippen molar-refractivity contribution in [2.24, 2.45) is 0 Å². The van der Waals surface area contributed by atoms with Crippen molar-refractivity contribution in [2.45, 2.75) is 6.92 Å². The molecule has 1 aliphatic rings. The molecule has 0 saturated carbocycles. The van der Waals surface area contributed by atoms with Crippen LogP contribution in [-0.2, 0) is 4.79 Å². The van der Waals surface area contributed by atoms with Gasteiger partial charge < -0.3 is 14.5 Å². The SMILES string of the molecule is COc1cc(Cl)c(C)cc1N1CCN(C)C(=O)C1. The van der Waals surface area contributed by atoms with Crippen molar-refractivity contribution in [1.82, 2.24) is 4.90 Å². The maximum Gasteiger partial charge on any atom is 0.241 e. The van der Waals surface area contributed by atoms with Crippen molar-refractivity contribution in [3.8, 4) is 5.75 Å². The third-order valence-electron chi connectivity index (χ3n) is 3.26. The van der Waals surface area contributed by atoms with E-state index in [-0.39, 0.29) is 5.91 Å². The van der Waals surface area contributed by atoms with E-state index in [0.717, 1.165) is 24.3 Å². The first-order valence-electron chi connectivity index (χ1n) is 5.86. The van der Waals surface area contributed by atoms with Gasteiger partial charge in [0.05, 0.1) is 19.3 Å². The molecule has 1 aromatic carbocycles. The summed E-state index contributed by atoms with van der Waals surface area (Å²) in [6.45, 7) is 3.86. The molecule has 98 valence electrons. The molecule has 4 nitrogen and oxygen atoms in total. The Hall–Kier alpha value is -1.42. The number of aryl methyl sites for hydroxylation is 1. The van der Waals surface area contributed by atoms with Crippen molar-refractivity contribution >= 4 is 23.2 Å². The lowest BCUT2D eigenvalue weighted by atomic mass is 10.1. The van der Waals surface area contributed by atoms with Crippen LogP contribution >= 0.6 is 11.6 Å². The highest BCUT2D eigenvalue weighted by Gasteiger charge is 2.23. The summed E-state index contributed by atoms with van der Waals surface area (Å²) in [5, 5.41) is 0.677. The van der Waals surface area contributed by atoms with Crippen LogP contribution in [0.2, 0.25) is 5.02 Å². The monoisotopic (exact) mass is 268 g/mol. The van der Waals surface area contributed by atoms with E-state index >= 15 is 0 Å². The van der Waals surface area contributed by atoms with Gasteiger partial charge in [0.2, 0.25) is 5.91 Å². The highest BCUT2D eigenvalue weighted by atomic mass is 35.5. The van der Waals surface area contributed by atoms with Gasteiger partial charge >= 0.3 is 0 Å². The lowest BCUT2D eigenvalue weighted by Gasteiger charge is -2.34. The number of carbonyl (C=O) groups excluding carboxylic acids is 1. The molecule has 18 heavy (non-hydrogen) atoms. The number of amides is 1. The summed E-state index contributed by atoms with van der Waals surface area (Å²) in [6.07, 6.45) is 0. The highest BCUT2D eigenvalue weighted by molar-refractivity contribution is 6.31. The molecule has 1 amide bonds. The van der Waals surface area contributed by atoms with Gasteiger partial charge in [0.25, 0.3) is 0 Å². The van der Waals surface area contributed by atoms with E-state index in [4.69, 9.17) is 16.3 Å². The summed E-state index contributed by atoms with van der Waals surface area (Å²) in [6, 6.07) is 3.77. The molecule has 0 bridgehead atoms. The molecular formula is C13H17ClN2O2. The van der Waals surface area contributed by atoms with Gasteiger partial charge in [0.15, 0.2) is 0 Å². The van der Waals surface area contributed by atoms with Gasteiger partial charge in [-0.2, -0.15) is 0 Å². The van der Waals surface area contributed by atoms with Gasteiger partial charge in [0, 0.05) is 31.2 Å². The minimum absolute atomic E-state index is 0.121. The Morgan fingerprint density at radius 1 is 1.33 bits per heavy atom. The van der Waals surface area contributed by atoms with Crippen molar-refractivity contribution in [2.75, 3.05) is 38.7 Å². The molecule has 1 aromatic rings. The molecule has 0 unspecified atom stereocenters. The quantitative estimate of drug-likeness (QED) is 0.822. The van der Waals surface area contributed by atoms with Crippen molar-refractivity contribution in [3.63, 3.8) is 0 Å². The molecule has 1 fully saturated rings. The minimum Gasteiger partial charge on any atom is -0.495 e. The first-order valence-corrected chi connectivity index (χ1v) is 6.23. The van der Waals surface area contributed by atoms with Crippen LogP contribution in [0.1, 0.15) is 5.56 Å². The number of halogens is 1. The van der Waals surface area contributed by atoms with E-state index in [2.05, 4.69) is 0 Å². The first-order chi connectivity index (χ1) is 8.52. The summed E-state index contributed by atoms with van der Waals surface area (Å²) in [5.74, 6) is 0.832. The molecular weight excluding hydrogens is 252 g/mol. The third-order valence-corrected chi connectivity index (χ3v) is 3.67. The Balaban J connectivity index is 2.33. The summed E-state index contributed by atoms with van der Waals surface area (Å²) in [5.41, 5.74) is 1.92. The van der Waals surface area contributed by atoms with Crippen LogP contribution in [0.15, 0.2) is 12.1 Å². The number of hydrogen-bond donors (Lipinski definition) is 0. The maximum absolute atomic E-state index is 11.7. The van der Waals surface area contributed by atoms with E-state index in [1.165, 1.54) is 0 Å². The van der Waals surface area contributed by atoms with Crippen LogP contribution in [0.25, 0.3) is 0 Å². The normalized spacial score (nSPS) is 16.1. The Kier molecular flexibility index (Phi) is 3.66. The number of methoxy groups -OCH3 is 1. The predicted octanol–water partition coefficient (Wildman–Crippen LogP) is 1.94. The standard InChI is InChI=1S/C13H17ClN2O2/c1-9-6-11(12(18-3)7-10(9)14)16-5-4-15(2)13(17)8-16/h6-7H,4-5,8H2,1-3H3. The number of rotatable bonds is 2. The highest BCUT2D eigenvalue weighted by Crippen LogP contribution is 2.34. The molecule has 0 N–H and O–H groups in total. The molecule has 1 heterocycles. The second kappa shape index (κ2) is 5.06. The molecule has 0 atom stereocenters. The fourth-order valence-electron chi connectivity index (χ4n) is 2.02. The van der Waals surface area contributed by atoms with Gasteiger partial charge in [-0.1, -0.05) is 11.6 Å². The van der Waals surface area contributed by atoms with E-state index in [9.17, 15) is 4.79 Å². The minimum atomic E-state index is 0.121. The Bertz CT molecular complexity index is 476. The number of carbonyl (C=O) groups is 1. The van der Waals surface area contributed by atoms with Crippen LogP contribution in [0.3, 0.4) is 0 Å².